The Kier molecular flexibility index (Phi) is 3.42. The number of amides is 1. The zero-order chi connectivity index (χ0) is 13.3. The van der Waals surface area contributed by atoms with Gasteiger partial charge in [0.05, 0.1) is 0 Å². The quantitative estimate of drug-likeness (QED) is 0.872. The number of rotatable bonds is 3. The van der Waals surface area contributed by atoms with Crippen molar-refractivity contribution in [2.45, 2.75) is 51.7 Å². The minimum Gasteiger partial charge on any atom is -0.347 e. The van der Waals surface area contributed by atoms with E-state index in [4.69, 9.17) is 0 Å². The number of hydrogen-bond acceptors (Lipinski definition) is 1. The first-order valence-corrected chi connectivity index (χ1v) is 6.42. The molecule has 1 aromatic carbocycles. The molecule has 2 rings (SSSR count). The summed E-state index contributed by atoms with van der Waals surface area (Å²) in [5, 5.41) is 2.89. The maximum Gasteiger partial charge on any atom is 0.252 e. The van der Waals surface area contributed by atoms with Crippen molar-refractivity contribution < 1.29 is 9.18 Å². The standard InChI is InChI=1S/C15H20FNO/c1-15(2,3)17-14(18)13-8-11(10-4-5-10)6-7-12(13)9-16/h6-8,10H,4-5,9H2,1-3H3,(H,17,18). The minimum absolute atomic E-state index is 0.183. The highest BCUT2D eigenvalue weighted by Gasteiger charge is 2.25. The van der Waals surface area contributed by atoms with Gasteiger partial charge in [-0.25, -0.2) is 4.39 Å². The lowest BCUT2D eigenvalue weighted by molar-refractivity contribution is 0.0917. The number of nitrogens with one attached hydrogen (secondary N) is 1. The van der Waals surface area contributed by atoms with E-state index in [2.05, 4.69) is 5.32 Å². The van der Waals surface area contributed by atoms with Crippen molar-refractivity contribution in [2.75, 3.05) is 0 Å². The van der Waals surface area contributed by atoms with E-state index in [9.17, 15) is 9.18 Å². The van der Waals surface area contributed by atoms with Crippen LogP contribution < -0.4 is 5.32 Å². The van der Waals surface area contributed by atoms with Gasteiger partial charge < -0.3 is 5.32 Å². The van der Waals surface area contributed by atoms with Crippen molar-refractivity contribution in [3.8, 4) is 0 Å². The van der Waals surface area contributed by atoms with Crippen molar-refractivity contribution in [3.63, 3.8) is 0 Å². The summed E-state index contributed by atoms with van der Waals surface area (Å²) >= 11 is 0. The number of halogens is 1. The van der Waals surface area contributed by atoms with Crippen molar-refractivity contribution >= 4 is 5.91 Å². The van der Waals surface area contributed by atoms with Crippen LogP contribution in [0.5, 0.6) is 0 Å². The lowest BCUT2D eigenvalue weighted by atomic mass is 10.00. The van der Waals surface area contributed by atoms with Crippen LogP contribution in [0.15, 0.2) is 18.2 Å². The molecule has 0 spiro atoms. The Hall–Kier alpha value is -1.38. The van der Waals surface area contributed by atoms with Gasteiger partial charge in [0.1, 0.15) is 6.67 Å². The van der Waals surface area contributed by atoms with Gasteiger partial charge in [-0.3, -0.25) is 4.79 Å². The normalized spacial score (nSPS) is 15.6. The Labute approximate surface area is 108 Å². The van der Waals surface area contributed by atoms with Crippen LogP contribution in [0.3, 0.4) is 0 Å². The van der Waals surface area contributed by atoms with E-state index in [-0.39, 0.29) is 11.4 Å². The molecule has 0 radical (unpaired) electrons. The highest BCUT2D eigenvalue weighted by atomic mass is 19.1. The molecule has 98 valence electrons. The van der Waals surface area contributed by atoms with Crippen LogP contribution in [0.25, 0.3) is 0 Å². The number of hydrogen-bond donors (Lipinski definition) is 1. The minimum atomic E-state index is -0.599. The molecule has 18 heavy (non-hydrogen) atoms. The van der Waals surface area contributed by atoms with Gasteiger partial charge in [-0.15, -0.1) is 0 Å². The van der Waals surface area contributed by atoms with Crippen LogP contribution >= 0.6 is 0 Å². The van der Waals surface area contributed by atoms with Gasteiger partial charge in [-0.05, 0) is 56.7 Å². The fraction of sp³-hybridized carbons (Fsp3) is 0.533. The van der Waals surface area contributed by atoms with E-state index < -0.39 is 6.67 Å². The van der Waals surface area contributed by atoms with Crippen molar-refractivity contribution in [2.24, 2.45) is 0 Å². The van der Waals surface area contributed by atoms with Gasteiger partial charge in [0.2, 0.25) is 0 Å². The second kappa shape index (κ2) is 4.71. The van der Waals surface area contributed by atoms with Crippen LogP contribution in [0, 0.1) is 0 Å². The lowest BCUT2D eigenvalue weighted by Gasteiger charge is -2.21. The third-order valence-corrected chi connectivity index (χ3v) is 3.06. The average Bonchev–Trinajstić information content (AvgIpc) is 3.09. The summed E-state index contributed by atoms with van der Waals surface area (Å²) in [6.45, 7) is 5.16. The fourth-order valence-electron chi connectivity index (χ4n) is 2.00. The summed E-state index contributed by atoms with van der Waals surface area (Å²) in [6, 6.07) is 5.54. The number of carbonyl (C=O) groups excluding carboxylic acids is 1. The van der Waals surface area contributed by atoms with Gasteiger partial charge >= 0.3 is 0 Å². The number of carbonyl (C=O) groups is 1. The molecule has 0 heterocycles. The largest absolute Gasteiger partial charge is 0.347 e. The first kappa shape index (κ1) is 13.1. The van der Waals surface area contributed by atoms with E-state index >= 15 is 0 Å². The predicted octanol–water partition coefficient (Wildman–Crippen LogP) is 3.56. The molecule has 0 aromatic heterocycles. The van der Waals surface area contributed by atoms with Crippen molar-refractivity contribution in [3.05, 3.63) is 34.9 Å². The van der Waals surface area contributed by atoms with E-state index in [1.54, 1.807) is 6.07 Å². The Morgan fingerprint density at radius 1 is 1.39 bits per heavy atom. The van der Waals surface area contributed by atoms with E-state index in [0.29, 0.717) is 17.0 Å². The molecule has 0 atom stereocenters. The number of alkyl halides is 1. The third kappa shape index (κ3) is 3.09. The maximum absolute atomic E-state index is 12.9. The Balaban J connectivity index is 2.28. The van der Waals surface area contributed by atoms with E-state index in [1.165, 1.54) is 12.8 Å². The van der Waals surface area contributed by atoms with Crippen LogP contribution in [-0.4, -0.2) is 11.4 Å². The Morgan fingerprint density at radius 3 is 2.56 bits per heavy atom. The monoisotopic (exact) mass is 249 g/mol. The van der Waals surface area contributed by atoms with E-state index in [1.807, 2.05) is 32.9 Å². The summed E-state index contributed by atoms with van der Waals surface area (Å²) in [6.07, 6.45) is 2.35. The molecule has 1 fully saturated rings. The highest BCUT2D eigenvalue weighted by molar-refractivity contribution is 5.96. The molecule has 1 N–H and O–H groups in total. The molecule has 0 aliphatic heterocycles. The lowest BCUT2D eigenvalue weighted by Crippen LogP contribution is -2.41. The molecule has 3 heteroatoms. The second-order valence-corrected chi connectivity index (χ2v) is 6.03. The van der Waals surface area contributed by atoms with E-state index in [0.717, 1.165) is 5.56 Å². The second-order valence-electron chi connectivity index (χ2n) is 6.03. The molecular formula is C15H20FNO. The zero-order valence-electron chi connectivity index (χ0n) is 11.2. The van der Waals surface area contributed by atoms with Crippen LogP contribution in [0.4, 0.5) is 4.39 Å². The molecule has 1 aromatic rings. The molecule has 1 saturated carbocycles. The molecule has 0 unspecified atom stereocenters. The molecular weight excluding hydrogens is 229 g/mol. The van der Waals surface area contributed by atoms with Gasteiger partial charge in [-0.2, -0.15) is 0 Å². The first-order valence-electron chi connectivity index (χ1n) is 6.42. The third-order valence-electron chi connectivity index (χ3n) is 3.06. The molecule has 1 amide bonds. The SMILES string of the molecule is CC(C)(C)NC(=O)c1cc(C2CC2)ccc1CF. The summed E-state index contributed by atoms with van der Waals surface area (Å²) in [4.78, 5) is 12.2. The number of benzene rings is 1. The Bertz CT molecular complexity index is 458. The van der Waals surface area contributed by atoms with Gasteiger partial charge in [0.25, 0.3) is 5.91 Å². The maximum atomic E-state index is 12.9. The predicted molar refractivity (Wildman–Crippen MR) is 70.4 cm³/mol. The van der Waals surface area contributed by atoms with Crippen molar-refractivity contribution in [1.29, 1.82) is 0 Å². The van der Waals surface area contributed by atoms with Gasteiger partial charge in [0.15, 0.2) is 0 Å². The summed E-state index contributed by atoms with van der Waals surface area (Å²) in [5.41, 5.74) is 1.81. The summed E-state index contributed by atoms with van der Waals surface area (Å²) in [5.74, 6) is 0.387. The highest BCUT2D eigenvalue weighted by Crippen LogP contribution is 2.40. The van der Waals surface area contributed by atoms with Gasteiger partial charge in [0, 0.05) is 11.1 Å². The molecule has 2 nitrogen and oxygen atoms in total. The smallest absolute Gasteiger partial charge is 0.252 e. The topological polar surface area (TPSA) is 29.1 Å². The average molecular weight is 249 g/mol. The Morgan fingerprint density at radius 2 is 2.06 bits per heavy atom. The zero-order valence-corrected chi connectivity index (χ0v) is 11.2. The molecule has 0 saturated heterocycles. The van der Waals surface area contributed by atoms with Gasteiger partial charge in [-0.1, -0.05) is 12.1 Å². The van der Waals surface area contributed by atoms with Crippen molar-refractivity contribution in [1.82, 2.24) is 5.32 Å². The summed E-state index contributed by atoms with van der Waals surface area (Å²) in [7, 11) is 0. The van der Waals surface area contributed by atoms with Crippen LogP contribution in [-0.2, 0) is 6.67 Å². The fourth-order valence-corrected chi connectivity index (χ4v) is 2.00. The molecule has 1 aliphatic rings. The molecule has 0 bridgehead atoms. The molecule has 1 aliphatic carbocycles. The summed E-state index contributed by atoms with van der Waals surface area (Å²) < 4.78 is 12.9. The first-order chi connectivity index (χ1) is 8.40. The van der Waals surface area contributed by atoms with Crippen LogP contribution in [0.2, 0.25) is 0 Å². The van der Waals surface area contributed by atoms with Crippen LogP contribution in [0.1, 0.15) is 61.0 Å².